The van der Waals surface area contributed by atoms with E-state index in [2.05, 4.69) is 10.1 Å². The molecule has 1 aromatic heterocycles. The highest BCUT2D eigenvalue weighted by molar-refractivity contribution is 6.33. The summed E-state index contributed by atoms with van der Waals surface area (Å²) in [5, 5.41) is 4.51. The molecule has 0 saturated carbocycles. The Morgan fingerprint density at radius 2 is 2.00 bits per heavy atom. The monoisotopic (exact) mass is 413 g/mol. The van der Waals surface area contributed by atoms with E-state index >= 15 is 0 Å². The van der Waals surface area contributed by atoms with Crippen LogP contribution < -0.4 is 4.74 Å². The van der Waals surface area contributed by atoms with E-state index in [1.165, 1.54) is 4.90 Å². The van der Waals surface area contributed by atoms with E-state index < -0.39 is 6.10 Å². The summed E-state index contributed by atoms with van der Waals surface area (Å²) in [7, 11) is 1.69. The fourth-order valence-electron chi connectivity index (χ4n) is 2.99. The highest BCUT2D eigenvalue weighted by atomic mass is 35.5. The lowest BCUT2D eigenvalue weighted by Gasteiger charge is -2.23. The molecule has 1 heterocycles. The summed E-state index contributed by atoms with van der Waals surface area (Å²) in [6, 6.07) is 13.2. The van der Waals surface area contributed by atoms with Crippen LogP contribution in [-0.4, -0.2) is 34.1 Å². The standard InChI is InChI=1S/C22H24ClN3O3/c1-5-18(28-19-11-10-14(2)12-15(19)3)22(27)26(4)13-20-24-21(25-29-20)16-8-6-7-9-17(16)23/h6-12,18H,5,13H2,1-4H3. The van der Waals surface area contributed by atoms with Crippen LogP contribution in [0.2, 0.25) is 5.02 Å². The number of amides is 1. The normalized spacial score (nSPS) is 11.9. The van der Waals surface area contributed by atoms with Crippen molar-refractivity contribution < 1.29 is 14.1 Å². The van der Waals surface area contributed by atoms with Crippen molar-refractivity contribution in [3.8, 4) is 17.1 Å². The number of halogens is 1. The smallest absolute Gasteiger partial charge is 0.263 e. The Balaban J connectivity index is 1.68. The summed E-state index contributed by atoms with van der Waals surface area (Å²) in [4.78, 5) is 18.8. The Bertz CT molecular complexity index is 1000. The van der Waals surface area contributed by atoms with Gasteiger partial charge in [-0.15, -0.1) is 0 Å². The third-order valence-electron chi connectivity index (χ3n) is 4.58. The van der Waals surface area contributed by atoms with Gasteiger partial charge in [0.05, 0.1) is 11.6 Å². The van der Waals surface area contributed by atoms with Crippen LogP contribution in [-0.2, 0) is 11.3 Å². The van der Waals surface area contributed by atoms with E-state index in [4.69, 9.17) is 20.9 Å². The summed E-state index contributed by atoms with van der Waals surface area (Å²) in [6.07, 6.45) is -0.0436. The zero-order valence-corrected chi connectivity index (χ0v) is 17.7. The maximum Gasteiger partial charge on any atom is 0.263 e. The second-order valence-corrected chi connectivity index (χ2v) is 7.38. The molecule has 0 N–H and O–H groups in total. The van der Waals surface area contributed by atoms with Crippen LogP contribution in [0.1, 0.15) is 30.4 Å². The van der Waals surface area contributed by atoms with Gasteiger partial charge in [0.25, 0.3) is 5.91 Å². The number of benzene rings is 2. The molecule has 1 unspecified atom stereocenters. The number of ether oxygens (including phenoxy) is 1. The average Bonchev–Trinajstić information content (AvgIpc) is 3.15. The van der Waals surface area contributed by atoms with Crippen LogP contribution in [0.4, 0.5) is 0 Å². The fraction of sp³-hybridized carbons (Fsp3) is 0.318. The predicted octanol–water partition coefficient (Wildman–Crippen LogP) is 4.82. The molecule has 0 aliphatic carbocycles. The number of carbonyl (C=O) groups excluding carboxylic acids is 1. The van der Waals surface area contributed by atoms with E-state index in [9.17, 15) is 4.79 Å². The molecule has 152 valence electrons. The second kappa shape index (κ2) is 9.09. The zero-order valence-electron chi connectivity index (χ0n) is 17.0. The van der Waals surface area contributed by atoms with Gasteiger partial charge < -0.3 is 14.2 Å². The first-order valence-corrected chi connectivity index (χ1v) is 9.83. The maximum absolute atomic E-state index is 12.9. The largest absolute Gasteiger partial charge is 0.480 e. The van der Waals surface area contributed by atoms with Crippen molar-refractivity contribution in [1.29, 1.82) is 0 Å². The lowest BCUT2D eigenvalue weighted by molar-refractivity contribution is -0.138. The molecule has 2 aromatic carbocycles. The van der Waals surface area contributed by atoms with E-state index in [1.807, 2.05) is 57.2 Å². The van der Waals surface area contributed by atoms with Gasteiger partial charge >= 0.3 is 0 Å². The summed E-state index contributed by atoms with van der Waals surface area (Å²) in [6.45, 7) is 6.09. The van der Waals surface area contributed by atoms with Crippen LogP contribution in [0.15, 0.2) is 47.0 Å². The van der Waals surface area contributed by atoms with Crippen LogP contribution in [0.25, 0.3) is 11.4 Å². The molecule has 0 aliphatic rings. The minimum absolute atomic E-state index is 0.148. The first-order chi connectivity index (χ1) is 13.9. The molecule has 1 amide bonds. The molecule has 7 heteroatoms. The highest BCUT2D eigenvalue weighted by Crippen LogP contribution is 2.25. The van der Waals surface area contributed by atoms with Gasteiger partial charge in [-0.05, 0) is 44.0 Å². The van der Waals surface area contributed by atoms with Crippen molar-refractivity contribution in [3.63, 3.8) is 0 Å². The molecule has 6 nitrogen and oxygen atoms in total. The van der Waals surface area contributed by atoms with Gasteiger partial charge in [0.1, 0.15) is 5.75 Å². The third kappa shape index (κ3) is 4.95. The SMILES string of the molecule is CCC(Oc1ccc(C)cc1C)C(=O)N(C)Cc1nc(-c2ccccc2Cl)no1. The van der Waals surface area contributed by atoms with Gasteiger partial charge in [-0.2, -0.15) is 4.98 Å². The van der Waals surface area contributed by atoms with Crippen LogP contribution in [0.3, 0.4) is 0 Å². The molecule has 3 aromatic rings. The Kier molecular flexibility index (Phi) is 6.54. The summed E-state index contributed by atoms with van der Waals surface area (Å²) < 4.78 is 11.3. The van der Waals surface area contributed by atoms with Crippen LogP contribution >= 0.6 is 11.6 Å². The minimum atomic E-state index is -0.590. The van der Waals surface area contributed by atoms with E-state index in [0.29, 0.717) is 34.5 Å². The molecule has 0 bridgehead atoms. The average molecular weight is 414 g/mol. The molecular weight excluding hydrogens is 390 g/mol. The van der Waals surface area contributed by atoms with Crippen LogP contribution in [0.5, 0.6) is 5.75 Å². The zero-order chi connectivity index (χ0) is 21.0. The number of aryl methyl sites for hydroxylation is 2. The van der Waals surface area contributed by atoms with Crippen molar-refractivity contribution in [2.45, 2.75) is 39.8 Å². The Labute approximate surface area is 175 Å². The molecule has 3 rings (SSSR count). The molecule has 0 radical (unpaired) electrons. The minimum Gasteiger partial charge on any atom is -0.480 e. The topological polar surface area (TPSA) is 68.5 Å². The van der Waals surface area contributed by atoms with Crippen LogP contribution in [0, 0.1) is 13.8 Å². The third-order valence-corrected chi connectivity index (χ3v) is 4.91. The Morgan fingerprint density at radius 3 is 2.69 bits per heavy atom. The molecule has 0 saturated heterocycles. The summed E-state index contributed by atoms with van der Waals surface area (Å²) >= 11 is 6.18. The first kappa shape index (κ1) is 20.9. The molecule has 0 aliphatic heterocycles. The molecule has 0 fully saturated rings. The molecule has 29 heavy (non-hydrogen) atoms. The number of aromatic nitrogens is 2. The van der Waals surface area contributed by atoms with Gasteiger partial charge in [0, 0.05) is 12.6 Å². The van der Waals surface area contributed by atoms with E-state index in [-0.39, 0.29) is 12.5 Å². The molecule has 1 atom stereocenters. The van der Waals surface area contributed by atoms with E-state index in [1.54, 1.807) is 13.1 Å². The van der Waals surface area contributed by atoms with Gasteiger partial charge in [-0.25, -0.2) is 0 Å². The highest BCUT2D eigenvalue weighted by Gasteiger charge is 2.24. The quantitative estimate of drug-likeness (QED) is 0.555. The summed E-state index contributed by atoms with van der Waals surface area (Å²) in [5.41, 5.74) is 2.83. The van der Waals surface area contributed by atoms with Gasteiger partial charge in [-0.1, -0.05) is 53.5 Å². The molecular formula is C22H24ClN3O3. The number of carbonyl (C=O) groups is 1. The lowest BCUT2D eigenvalue weighted by Crippen LogP contribution is -2.39. The number of hydrogen-bond acceptors (Lipinski definition) is 5. The van der Waals surface area contributed by atoms with Crippen molar-refractivity contribution in [3.05, 3.63) is 64.5 Å². The number of rotatable bonds is 7. The van der Waals surface area contributed by atoms with Crippen molar-refractivity contribution in [2.24, 2.45) is 0 Å². The Hall–Kier alpha value is -2.86. The summed E-state index contributed by atoms with van der Waals surface area (Å²) in [5.74, 6) is 1.29. The fourth-order valence-corrected chi connectivity index (χ4v) is 3.21. The predicted molar refractivity (Wildman–Crippen MR) is 112 cm³/mol. The molecule has 0 spiro atoms. The van der Waals surface area contributed by atoms with Gasteiger partial charge in [0.15, 0.2) is 6.10 Å². The number of nitrogens with zero attached hydrogens (tertiary/aromatic N) is 3. The Morgan fingerprint density at radius 1 is 1.24 bits per heavy atom. The van der Waals surface area contributed by atoms with Gasteiger partial charge in [-0.3, -0.25) is 4.79 Å². The van der Waals surface area contributed by atoms with Crippen molar-refractivity contribution in [1.82, 2.24) is 15.0 Å². The van der Waals surface area contributed by atoms with E-state index in [0.717, 1.165) is 11.1 Å². The van der Waals surface area contributed by atoms with Crippen molar-refractivity contribution in [2.75, 3.05) is 7.05 Å². The maximum atomic E-state index is 12.9. The lowest BCUT2D eigenvalue weighted by atomic mass is 10.1. The second-order valence-electron chi connectivity index (χ2n) is 6.97. The number of likely N-dealkylation sites (N-methyl/N-ethyl adjacent to an activating group) is 1. The van der Waals surface area contributed by atoms with Crippen molar-refractivity contribution >= 4 is 17.5 Å². The first-order valence-electron chi connectivity index (χ1n) is 9.45. The number of hydrogen-bond donors (Lipinski definition) is 0. The van der Waals surface area contributed by atoms with Gasteiger partial charge in [0.2, 0.25) is 11.7 Å².